The van der Waals surface area contributed by atoms with Gasteiger partial charge in [-0.2, -0.15) is 4.68 Å². The van der Waals surface area contributed by atoms with Crippen LogP contribution < -0.4 is 0 Å². The molecule has 0 bridgehead atoms. The molecule has 0 N–H and O–H groups in total. The van der Waals surface area contributed by atoms with E-state index in [1.54, 1.807) is 11.0 Å². The van der Waals surface area contributed by atoms with Gasteiger partial charge in [0.05, 0.1) is 11.6 Å². The molecule has 0 fully saturated rings. The fourth-order valence-corrected chi connectivity index (χ4v) is 2.07. The van der Waals surface area contributed by atoms with E-state index in [4.69, 9.17) is 11.6 Å². The van der Waals surface area contributed by atoms with Crippen molar-refractivity contribution in [3.05, 3.63) is 23.2 Å². The van der Waals surface area contributed by atoms with E-state index in [-0.39, 0.29) is 0 Å². The number of hydrogen-bond donors (Lipinski definition) is 0. The van der Waals surface area contributed by atoms with E-state index in [0.717, 1.165) is 16.6 Å². The molecule has 6 heteroatoms. The van der Waals surface area contributed by atoms with E-state index < -0.39 is 0 Å². The molecule has 0 aliphatic rings. The third-order valence-corrected chi connectivity index (χ3v) is 3.05. The second kappa shape index (κ2) is 4.28. The van der Waals surface area contributed by atoms with Gasteiger partial charge >= 0.3 is 0 Å². The highest BCUT2D eigenvalue weighted by Gasteiger charge is 2.08. The van der Waals surface area contributed by atoms with Crippen LogP contribution in [0.5, 0.6) is 0 Å². The molecule has 0 amide bonds. The second-order valence-corrected chi connectivity index (χ2v) is 4.56. The molecular weight excluding hydrogens is 232 g/mol. The lowest BCUT2D eigenvalue weighted by Gasteiger charge is -1.95. The van der Waals surface area contributed by atoms with Gasteiger partial charge in [-0.05, 0) is 0 Å². The summed E-state index contributed by atoms with van der Waals surface area (Å²) in [6, 6.07) is 0. The zero-order valence-electron chi connectivity index (χ0n) is 8.51. The van der Waals surface area contributed by atoms with Crippen molar-refractivity contribution >= 4 is 22.9 Å². The van der Waals surface area contributed by atoms with Crippen LogP contribution in [0.1, 0.15) is 31.3 Å². The van der Waals surface area contributed by atoms with Gasteiger partial charge in [0, 0.05) is 11.3 Å². The molecule has 0 spiro atoms. The first-order chi connectivity index (χ1) is 7.20. The summed E-state index contributed by atoms with van der Waals surface area (Å²) in [5, 5.41) is 7.08. The standard InChI is InChI=1S/C9H11ClN4S/c1-6(2)8-11-5-14(13-8)9-12-7(3-10)4-15-9/h4-6H,3H2,1-2H3. The molecule has 0 saturated heterocycles. The Bertz CT molecular complexity index is 448. The lowest BCUT2D eigenvalue weighted by molar-refractivity contribution is 0.751. The number of alkyl halides is 1. The molecule has 0 aliphatic carbocycles. The van der Waals surface area contributed by atoms with Crippen molar-refractivity contribution in [2.45, 2.75) is 25.6 Å². The fraction of sp³-hybridized carbons (Fsp3) is 0.444. The van der Waals surface area contributed by atoms with Crippen LogP contribution in [-0.4, -0.2) is 19.7 Å². The quantitative estimate of drug-likeness (QED) is 0.777. The van der Waals surface area contributed by atoms with Gasteiger partial charge in [0.1, 0.15) is 6.33 Å². The minimum absolute atomic E-state index is 0.332. The minimum Gasteiger partial charge on any atom is -0.222 e. The SMILES string of the molecule is CC(C)c1ncn(-c2nc(CCl)cs2)n1. The van der Waals surface area contributed by atoms with Crippen molar-refractivity contribution in [3.63, 3.8) is 0 Å². The summed E-state index contributed by atoms with van der Waals surface area (Å²) in [5.41, 5.74) is 0.873. The molecule has 0 aromatic carbocycles. The number of thiazole rings is 1. The minimum atomic E-state index is 0.332. The largest absolute Gasteiger partial charge is 0.222 e. The highest BCUT2D eigenvalue weighted by molar-refractivity contribution is 7.12. The van der Waals surface area contributed by atoms with Crippen molar-refractivity contribution in [2.24, 2.45) is 0 Å². The molecule has 2 aromatic rings. The summed E-state index contributed by atoms with van der Waals surface area (Å²) in [5.74, 6) is 1.60. The Labute approximate surface area is 96.9 Å². The van der Waals surface area contributed by atoms with E-state index in [2.05, 4.69) is 28.9 Å². The average molecular weight is 243 g/mol. The maximum absolute atomic E-state index is 5.68. The van der Waals surface area contributed by atoms with E-state index in [1.165, 1.54) is 11.3 Å². The topological polar surface area (TPSA) is 43.6 Å². The maximum atomic E-state index is 5.68. The Morgan fingerprint density at radius 1 is 1.53 bits per heavy atom. The van der Waals surface area contributed by atoms with Gasteiger partial charge in [-0.25, -0.2) is 9.97 Å². The van der Waals surface area contributed by atoms with E-state index in [1.807, 2.05) is 5.38 Å². The number of aromatic nitrogens is 4. The zero-order chi connectivity index (χ0) is 10.8. The normalized spacial score (nSPS) is 11.2. The Kier molecular flexibility index (Phi) is 3.02. The van der Waals surface area contributed by atoms with E-state index in [0.29, 0.717) is 11.8 Å². The van der Waals surface area contributed by atoms with E-state index >= 15 is 0 Å². The summed E-state index contributed by atoms with van der Waals surface area (Å²) in [4.78, 5) is 8.53. The van der Waals surface area contributed by atoms with Gasteiger partial charge in [-0.15, -0.1) is 28.0 Å². The van der Waals surface area contributed by atoms with E-state index in [9.17, 15) is 0 Å². The van der Waals surface area contributed by atoms with Crippen LogP contribution in [0.15, 0.2) is 11.7 Å². The summed E-state index contributed by atoms with van der Waals surface area (Å²) in [6.45, 7) is 4.12. The average Bonchev–Trinajstić information content (AvgIpc) is 2.86. The first-order valence-corrected chi connectivity index (χ1v) is 6.04. The first-order valence-electron chi connectivity index (χ1n) is 4.63. The Morgan fingerprint density at radius 2 is 2.33 bits per heavy atom. The van der Waals surface area contributed by atoms with Crippen LogP contribution in [0.3, 0.4) is 0 Å². The summed E-state index contributed by atoms with van der Waals surface area (Å²) >= 11 is 7.20. The lowest BCUT2D eigenvalue weighted by atomic mass is 10.2. The Balaban J connectivity index is 2.28. The van der Waals surface area contributed by atoms with Gasteiger partial charge in [0.15, 0.2) is 5.82 Å². The summed E-state index contributed by atoms with van der Waals surface area (Å²) < 4.78 is 1.69. The number of nitrogens with zero attached hydrogens (tertiary/aromatic N) is 4. The monoisotopic (exact) mass is 242 g/mol. The smallest absolute Gasteiger partial charge is 0.212 e. The van der Waals surface area contributed by atoms with Crippen LogP contribution in [0.4, 0.5) is 0 Å². The van der Waals surface area contributed by atoms with Crippen LogP contribution in [-0.2, 0) is 5.88 Å². The molecule has 0 atom stereocenters. The molecule has 0 saturated carbocycles. The second-order valence-electron chi connectivity index (χ2n) is 3.46. The van der Waals surface area contributed by atoms with Gasteiger partial charge in [0.25, 0.3) is 0 Å². The van der Waals surface area contributed by atoms with Gasteiger partial charge < -0.3 is 0 Å². The van der Waals surface area contributed by atoms with Crippen LogP contribution in [0.25, 0.3) is 5.13 Å². The van der Waals surface area contributed by atoms with Gasteiger partial charge in [-0.3, -0.25) is 0 Å². The summed E-state index contributed by atoms with van der Waals surface area (Å²) in [7, 11) is 0. The molecule has 0 radical (unpaired) electrons. The molecule has 2 heterocycles. The van der Waals surface area contributed by atoms with Crippen LogP contribution in [0, 0.1) is 0 Å². The van der Waals surface area contributed by atoms with Crippen molar-refractivity contribution in [3.8, 4) is 5.13 Å². The predicted molar refractivity (Wildman–Crippen MR) is 60.7 cm³/mol. The first kappa shape index (κ1) is 10.6. The highest BCUT2D eigenvalue weighted by atomic mass is 35.5. The molecule has 2 rings (SSSR count). The summed E-state index contributed by atoms with van der Waals surface area (Å²) in [6.07, 6.45) is 1.69. The van der Waals surface area contributed by atoms with Crippen molar-refractivity contribution in [2.75, 3.05) is 0 Å². The zero-order valence-corrected chi connectivity index (χ0v) is 10.1. The van der Waals surface area contributed by atoms with Gasteiger partial charge in [0.2, 0.25) is 5.13 Å². The molecule has 4 nitrogen and oxygen atoms in total. The molecule has 80 valence electrons. The highest BCUT2D eigenvalue weighted by Crippen LogP contribution is 2.16. The molecular formula is C9H11ClN4S. The molecule has 15 heavy (non-hydrogen) atoms. The number of rotatable bonds is 3. The Hall–Kier alpha value is -0.940. The van der Waals surface area contributed by atoms with Crippen molar-refractivity contribution < 1.29 is 0 Å². The van der Waals surface area contributed by atoms with Gasteiger partial charge in [-0.1, -0.05) is 13.8 Å². The Morgan fingerprint density at radius 3 is 2.87 bits per heavy atom. The maximum Gasteiger partial charge on any atom is 0.212 e. The third kappa shape index (κ3) is 2.18. The predicted octanol–water partition coefficient (Wildman–Crippen LogP) is 2.59. The van der Waals surface area contributed by atoms with Crippen molar-refractivity contribution in [1.82, 2.24) is 19.7 Å². The van der Waals surface area contributed by atoms with Crippen molar-refractivity contribution in [1.29, 1.82) is 0 Å². The number of hydrogen-bond acceptors (Lipinski definition) is 4. The van der Waals surface area contributed by atoms with Crippen LogP contribution >= 0.6 is 22.9 Å². The fourth-order valence-electron chi connectivity index (χ4n) is 1.10. The number of halogens is 1. The lowest BCUT2D eigenvalue weighted by Crippen LogP contribution is -1.97. The molecule has 0 aliphatic heterocycles. The third-order valence-electron chi connectivity index (χ3n) is 1.90. The molecule has 0 unspecified atom stereocenters. The van der Waals surface area contributed by atoms with Crippen LogP contribution in [0.2, 0.25) is 0 Å². The molecule has 2 aromatic heterocycles.